The van der Waals surface area contributed by atoms with Crippen molar-refractivity contribution < 1.29 is 9.59 Å². The van der Waals surface area contributed by atoms with Gasteiger partial charge in [-0.3, -0.25) is 14.5 Å². The van der Waals surface area contributed by atoms with E-state index in [0.29, 0.717) is 39.0 Å². The van der Waals surface area contributed by atoms with Crippen LogP contribution in [0, 0.1) is 12.3 Å². The van der Waals surface area contributed by atoms with Crippen LogP contribution >= 0.6 is 11.3 Å². The summed E-state index contributed by atoms with van der Waals surface area (Å²) < 4.78 is 0. The molecule has 2 aliphatic rings. The summed E-state index contributed by atoms with van der Waals surface area (Å²) in [6.45, 7) is 12.8. The summed E-state index contributed by atoms with van der Waals surface area (Å²) in [7, 11) is 0. The molecular weight excluding hydrogens is 430 g/mol. The van der Waals surface area contributed by atoms with Gasteiger partial charge in [-0.25, -0.2) is 0 Å². The second-order valence-corrected chi connectivity index (χ2v) is 11.6. The Balaban J connectivity index is 1.36. The first kappa shape index (κ1) is 24.0. The first-order valence-electron chi connectivity index (χ1n) is 12.1. The van der Waals surface area contributed by atoms with Gasteiger partial charge in [-0.15, -0.1) is 11.3 Å². The molecule has 2 aromatic rings. The van der Waals surface area contributed by atoms with Crippen LogP contribution in [-0.2, 0) is 16.0 Å². The molecule has 0 aliphatic carbocycles. The number of thiophene rings is 1. The lowest BCUT2D eigenvalue weighted by Crippen LogP contribution is -2.51. The first-order valence-corrected chi connectivity index (χ1v) is 13.0. The molecule has 3 heterocycles. The zero-order valence-electron chi connectivity index (χ0n) is 20.5. The quantitative estimate of drug-likeness (QED) is 0.650. The molecule has 4 rings (SSSR count). The number of benzene rings is 1. The maximum absolute atomic E-state index is 13.0. The fourth-order valence-corrected chi connectivity index (χ4v) is 5.94. The number of fused-ring (bicyclic) bond motifs is 1. The van der Waals surface area contributed by atoms with Crippen molar-refractivity contribution in [2.75, 3.05) is 39.3 Å². The smallest absolute Gasteiger partial charge is 0.223 e. The summed E-state index contributed by atoms with van der Waals surface area (Å²) in [5, 5.41) is 2.20. The molecule has 0 N–H and O–H groups in total. The van der Waals surface area contributed by atoms with Crippen molar-refractivity contribution in [3.05, 3.63) is 57.3 Å². The van der Waals surface area contributed by atoms with E-state index >= 15 is 0 Å². The maximum atomic E-state index is 13.0. The Kier molecular flexibility index (Phi) is 7.25. The summed E-state index contributed by atoms with van der Waals surface area (Å²) in [4.78, 5) is 33.4. The van der Waals surface area contributed by atoms with Crippen LogP contribution in [0.1, 0.15) is 61.2 Å². The van der Waals surface area contributed by atoms with Gasteiger partial charge in [0.1, 0.15) is 0 Å². The topological polar surface area (TPSA) is 43.9 Å². The number of hydrogen-bond donors (Lipinski definition) is 0. The number of carbonyl (C=O) groups excluding carboxylic acids is 2. The third-order valence-electron chi connectivity index (χ3n) is 6.83. The normalized spacial score (nSPS) is 19.5. The van der Waals surface area contributed by atoms with Gasteiger partial charge in [0.15, 0.2) is 0 Å². The Hall–Kier alpha value is -2.18. The second-order valence-electron chi connectivity index (χ2n) is 10.6. The van der Waals surface area contributed by atoms with Gasteiger partial charge in [-0.2, -0.15) is 0 Å². The fourth-order valence-electron chi connectivity index (χ4n) is 5.04. The highest BCUT2D eigenvalue weighted by Crippen LogP contribution is 2.38. The molecule has 1 saturated heterocycles. The Morgan fingerprint density at radius 1 is 0.939 bits per heavy atom. The van der Waals surface area contributed by atoms with Crippen LogP contribution in [0.25, 0.3) is 0 Å². The maximum Gasteiger partial charge on any atom is 0.223 e. The fraction of sp³-hybridized carbons (Fsp3) is 0.556. The van der Waals surface area contributed by atoms with E-state index in [1.54, 1.807) is 0 Å². The van der Waals surface area contributed by atoms with E-state index in [4.69, 9.17) is 0 Å². The van der Waals surface area contributed by atoms with Crippen LogP contribution in [0.3, 0.4) is 0 Å². The van der Waals surface area contributed by atoms with Gasteiger partial charge in [-0.05, 0) is 46.9 Å². The number of rotatable bonds is 5. The van der Waals surface area contributed by atoms with Crippen LogP contribution in [0.2, 0.25) is 0 Å². The van der Waals surface area contributed by atoms with Crippen LogP contribution in [0.5, 0.6) is 0 Å². The van der Waals surface area contributed by atoms with Crippen molar-refractivity contribution in [2.45, 2.75) is 53.0 Å². The molecule has 1 aromatic carbocycles. The van der Waals surface area contributed by atoms with Gasteiger partial charge >= 0.3 is 0 Å². The number of amides is 2. The highest BCUT2D eigenvalue weighted by Gasteiger charge is 2.32. The monoisotopic (exact) mass is 467 g/mol. The third-order valence-corrected chi connectivity index (χ3v) is 7.82. The second kappa shape index (κ2) is 9.98. The van der Waals surface area contributed by atoms with E-state index in [1.807, 2.05) is 21.1 Å². The van der Waals surface area contributed by atoms with Gasteiger partial charge in [-0.1, -0.05) is 45.0 Å². The van der Waals surface area contributed by atoms with Crippen molar-refractivity contribution in [1.82, 2.24) is 14.7 Å². The average molecular weight is 468 g/mol. The predicted octanol–water partition coefficient (Wildman–Crippen LogP) is 4.50. The lowest BCUT2D eigenvalue weighted by Gasteiger charge is -2.38. The van der Waals surface area contributed by atoms with Crippen molar-refractivity contribution in [3.8, 4) is 0 Å². The molecule has 1 fully saturated rings. The van der Waals surface area contributed by atoms with Gasteiger partial charge in [0.05, 0.1) is 6.04 Å². The molecular formula is C27H37N3O2S. The SMILES string of the molecule is Cc1ccccc1C1c2ccsc2CCN1CCC(=O)N1CCN(C(=O)CC(C)(C)C)CC1. The molecule has 33 heavy (non-hydrogen) atoms. The largest absolute Gasteiger partial charge is 0.339 e. The van der Waals surface area contributed by atoms with Crippen molar-refractivity contribution in [2.24, 2.45) is 5.41 Å². The summed E-state index contributed by atoms with van der Waals surface area (Å²) in [5.41, 5.74) is 4.04. The zero-order valence-corrected chi connectivity index (χ0v) is 21.3. The average Bonchev–Trinajstić information content (AvgIpc) is 3.25. The number of carbonyl (C=O) groups is 2. The first-order chi connectivity index (χ1) is 15.7. The zero-order chi connectivity index (χ0) is 23.6. The molecule has 2 aliphatic heterocycles. The van der Waals surface area contributed by atoms with Crippen LogP contribution in [0.4, 0.5) is 0 Å². The van der Waals surface area contributed by atoms with Crippen LogP contribution in [-0.4, -0.2) is 65.8 Å². The Labute approximate surface area is 202 Å². The van der Waals surface area contributed by atoms with Crippen LogP contribution in [0.15, 0.2) is 35.7 Å². The van der Waals surface area contributed by atoms with E-state index in [-0.39, 0.29) is 23.3 Å². The molecule has 178 valence electrons. The van der Waals surface area contributed by atoms with Gasteiger partial charge in [0, 0.05) is 57.0 Å². The number of piperazine rings is 1. The van der Waals surface area contributed by atoms with Gasteiger partial charge < -0.3 is 9.80 Å². The number of hydrogen-bond acceptors (Lipinski definition) is 4. The Bertz CT molecular complexity index is 985. The minimum Gasteiger partial charge on any atom is -0.339 e. The van der Waals surface area contributed by atoms with Crippen molar-refractivity contribution in [3.63, 3.8) is 0 Å². The summed E-state index contributed by atoms with van der Waals surface area (Å²) >= 11 is 1.85. The lowest BCUT2D eigenvalue weighted by atomic mass is 9.90. The highest BCUT2D eigenvalue weighted by atomic mass is 32.1. The number of nitrogens with zero attached hydrogens (tertiary/aromatic N) is 3. The van der Waals surface area contributed by atoms with E-state index < -0.39 is 0 Å². The van der Waals surface area contributed by atoms with Crippen LogP contribution < -0.4 is 0 Å². The van der Waals surface area contributed by atoms with Gasteiger partial charge in [0.25, 0.3) is 0 Å². The lowest BCUT2D eigenvalue weighted by molar-refractivity contribution is -0.140. The van der Waals surface area contributed by atoms with E-state index in [1.165, 1.54) is 21.6 Å². The molecule has 1 unspecified atom stereocenters. The van der Waals surface area contributed by atoms with Gasteiger partial charge in [0.2, 0.25) is 11.8 Å². The minimum atomic E-state index is -0.00551. The molecule has 0 saturated carbocycles. The standard InChI is InChI=1S/C27H37N3O2S/c1-20-7-5-6-8-21(20)26-22-11-18-33-23(22)9-12-30(26)13-10-24(31)28-14-16-29(17-15-28)25(32)19-27(2,3)4/h5-8,11,18,26H,9-10,12-17,19H2,1-4H3. The highest BCUT2D eigenvalue weighted by molar-refractivity contribution is 7.10. The summed E-state index contributed by atoms with van der Waals surface area (Å²) in [5.74, 6) is 0.410. The Morgan fingerprint density at radius 2 is 1.61 bits per heavy atom. The molecule has 1 atom stereocenters. The summed E-state index contributed by atoms with van der Waals surface area (Å²) in [6, 6.07) is 11.1. The molecule has 0 spiro atoms. The third kappa shape index (κ3) is 5.67. The number of aryl methyl sites for hydroxylation is 1. The molecule has 2 amide bonds. The van der Waals surface area contributed by atoms with E-state index in [2.05, 4.69) is 68.3 Å². The van der Waals surface area contributed by atoms with Crippen molar-refractivity contribution >= 4 is 23.2 Å². The van der Waals surface area contributed by atoms with E-state index in [0.717, 1.165) is 19.5 Å². The molecule has 1 aromatic heterocycles. The molecule has 6 heteroatoms. The minimum absolute atomic E-state index is 0.00551. The Morgan fingerprint density at radius 3 is 2.27 bits per heavy atom. The predicted molar refractivity (Wildman–Crippen MR) is 134 cm³/mol. The van der Waals surface area contributed by atoms with Crippen molar-refractivity contribution in [1.29, 1.82) is 0 Å². The molecule has 0 bridgehead atoms. The van der Waals surface area contributed by atoms with E-state index in [9.17, 15) is 9.59 Å². The summed E-state index contributed by atoms with van der Waals surface area (Å²) in [6.07, 6.45) is 2.14. The molecule has 0 radical (unpaired) electrons. The molecule has 5 nitrogen and oxygen atoms in total.